The van der Waals surface area contributed by atoms with Crippen LogP contribution in [0.5, 0.6) is 0 Å². The molecule has 0 unspecified atom stereocenters. The number of thiophene rings is 1. The Labute approximate surface area is 117 Å². The molecule has 5 N–H and O–H groups in total. The van der Waals surface area contributed by atoms with Gasteiger partial charge in [-0.05, 0) is 18.9 Å². The first-order valence-electron chi connectivity index (χ1n) is 5.92. The Hall–Kier alpha value is -0.960. The lowest BCUT2D eigenvalue weighted by molar-refractivity contribution is 0.0895. The van der Waals surface area contributed by atoms with Gasteiger partial charge in [-0.15, -0.1) is 11.3 Å². The monoisotopic (exact) mass is 305 g/mol. The van der Waals surface area contributed by atoms with Gasteiger partial charge in [0.05, 0.1) is 11.1 Å². The van der Waals surface area contributed by atoms with Gasteiger partial charge < -0.3 is 11.1 Å². The van der Waals surface area contributed by atoms with Crippen LogP contribution in [0, 0.1) is 0 Å². The summed E-state index contributed by atoms with van der Waals surface area (Å²) in [6, 6.07) is 1.28. The smallest absolute Gasteiger partial charge is 0.252 e. The van der Waals surface area contributed by atoms with Crippen molar-refractivity contribution < 1.29 is 13.2 Å². The standard InChI is InChI=1S/C11H19N3O3S2/c1-3-11(4-2,7-12)14-10(15)8-5-9(18-6-8)19(13,16)17/h5-6H,3-4,7,12H2,1-2H3,(H,14,15)(H2,13,16,17). The normalized spacial score (nSPS) is 12.4. The third-order valence-electron chi connectivity index (χ3n) is 3.24. The maximum absolute atomic E-state index is 12.1. The van der Waals surface area contributed by atoms with Crippen LogP contribution in [-0.4, -0.2) is 26.4 Å². The zero-order chi connectivity index (χ0) is 14.7. The molecule has 0 bridgehead atoms. The van der Waals surface area contributed by atoms with Gasteiger partial charge in [0.1, 0.15) is 4.21 Å². The van der Waals surface area contributed by atoms with Crippen molar-refractivity contribution in [3.05, 3.63) is 17.0 Å². The van der Waals surface area contributed by atoms with E-state index in [0.717, 1.165) is 11.3 Å². The maximum Gasteiger partial charge on any atom is 0.252 e. The van der Waals surface area contributed by atoms with Crippen LogP contribution in [-0.2, 0) is 10.0 Å². The summed E-state index contributed by atoms with van der Waals surface area (Å²) in [5, 5.41) is 9.35. The number of hydrogen-bond acceptors (Lipinski definition) is 5. The number of hydrogen-bond donors (Lipinski definition) is 3. The van der Waals surface area contributed by atoms with Crippen LogP contribution < -0.4 is 16.2 Å². The maximum atomic E-state index is 12.1. The predicted molar refractivity (Wildman–Crippen MR) is 75.5 cm³/mol. The van der Waals surface area contributed by atoms with Gasteiger partial charge in [-0.3, -0.25) is 4.79 Å². The van der Waals surface area contributed by atoms with Crippen LogP contribution in [0.25, 0.3) is 0 Å². The largest absolute Gasteiger partial charge is 0.345 e. The zero-order valence-electron chi connectivity index (χ0n) is 11.0. The van der Waals surface area contributed by atoms with Gasteiger partial charge >= 0.3 is 0 Å². The minimum atomic E-state index is -3.76. The molecule has 0 aromatic carbocycles. The Balaban J connectivity index is 2.93. The molecule has 0 saturated carbocycles. The molecule has 0 aliphatic carbocycles. The summed E-state index contributed by atoms with van der Waals surface area (Å²) in [4.78, 5) is 12.1. The third kappa shape index (κ3) is 3.75. The molecule has 1 amide bonds. The molecule has 0 radical (unpaired) electrons. The topological polar surface area (TPSA) is 115 Å². The Bertz CT molecular complexity index is 539. The Morgan fingerprint density at radius 2 is 2.00 bits per heavy atom. The van der Waals surface area contributed by atoms with E-state index in [1.54, 1.807) is 0 Å². The predicted octanol–water partition coefficient (Wildman–Crippen LogP) is 0.643. The molecule has 19 heavy (non-hydrogen) atoms. The molecule has 0 spiro atoms. The lowest BCUT2D eigenvalue weighted by Crippen LogP contribution is -2.52. The molecule has 8 heteroatoms. The molecule has 0 saturated heterocycles. The summed E-state index contributed by atoms with van der Waals surface area (Å²) in [5.41, 5.74) is 5.53. The van der Waals surface area contributed by atoms with E-state index in [1.165, 1.54) is 11.4 Å². The van der Waals surface area contributed by atoms with Crippen LogP contribution >= 0.6 is 11.3 Å². The first-order valence-corrected chi connectivity index (χ1v) is 8.34. The van der Waals surface area contributed by atoms with E-state index in [9.17, 15) is 13.2 Å². The zero-order valence-corrected chi connectivity index (χ0v) is 12.6. The number of primary sulfonamides is 1. The molecule has 0 atom stereocenters. The highest BCUT2D eigenvalue weighted by atomic mass is 32.2. The summed E-state index contributed by atoms with van der Waals surface area (Å²) in [5.74, 6) is -0.333. The molecule has 1 heterocycles. The molecular weight excluding hydrogens is 286 g/mol. The molecule has 108 valence electrons. The summed E-state index contributed by atoms with van der Waals surface area (Å²) < 4.78 is 22.3. The molecule has 0 aliphatic heterocycles. The van der Waals surface area contributed by atoms with E-state index in [-0.39, 0.29) is 15.7 Å². The van der Waals surface area contributed by atoms with Gasteiger partial charge in [0.15, 0.2) is 0 Å². The van der Waals surface area contributed by atoms with Crippen molar-refractivity contribution in [1.82, 2.24) is 5.32 Å². The van der Waals surface area contributed by atoms with Crippen molar-refractivity contribution in [2.24, 2.45) is 10.9 Å². The van der Waals surface area contributed by atoms with E-state index < -0.39 is 15.6 Å². The van der Waals surface area contributed by atoms with Crippen LogP contribution in [0.2, 0.25) is 0 Å². The summed E-state index contributed by atoms with van der Waals surface area (Å²) in [6.45, 7) is 4.22. The van der Waals surface area contributed by atoms with Crippen molar-refractivity contribution >= 4 is 27.3 Å². The van der Waals surface area contributed by atoms with Crippen molar-refractivity contribution in [3.63, 3.8) is 0 Å². The molecule has 0 fully saturated rings. The van der Waals surface area contributed by atoms with E-state index >= 15 is 0 Å². The molecule has 0 aliphatic rings. The minimum Gasteiger partial charge on any atom is -0.345 e. The van der Waals surface area contributed by atoms with Crippen molar-refractivity contribution in [2.45, 2.75) is 36.4 Å². The second kappa shape index (κ2) is 6.00. The average Bonchev–Trinajstić information content (AvgIpc) is 2.85. The van der Waals surface area contributed by atoms with Crippen LogP contribution in [0.4, 0.5) is 0 Å². The van der Waals surface area contributed by atoms with Gasteiger partial charge in [-0.2, -0.15) is 0 Å². The fourth-order valence-corrected chi connectivity index (χ4v) is 3.25. The van der Waals surface area contributed by atoms with Gasteiger partial charge in [0, 0.05) is 11.9 Å². The second-order valence-corrected chi connectivity index (χ2v) is 7.04. The lowest BCUT2D eigenvalue weighted by Gasteiger charge is -2.31. The fourth-order valence-electron chi connectivity index (χ4n) is 1.66. The average molecular weight is 305 g/mol. The molecule has 1 aromatic rings. The Morgan fingerprint density at radius 3 is 2.37 bits per heavy atom. The minimum absolute atomic E-state index is 0.0241. The second-order valence-electron chi connectivity index (χ2n) is 4.35. The lowest BCUT2D eigenvalue weighted by atomic mass is 9.92. The number of nitrogens with one attached hydrogen (secondary N) is 1. The fraction of sp³-hybridized carbons (Fsp3) is 0.545. The molecular formula is C11H19N3O3S2. The first-order chi connectivity index (χ1) is 8.78. The van der Waals surface area contributed by atoms with Gasteiger partial charge in [-0.1, -0.05) is 13.8 Å². The van der Waals surface area contributed by atoms with Crippen molar-refractivity contribution in [3.8, 4) is 0 Å². The molecule has 1 aromatic heterocycles. The SMILES string of the molecule is CCC(CC)(CN)NC(=O)c1csc(S(N)(=O)=O)c1. The van der Waals surface area contributed by atoms with Crippen molar-refractivity contribution in [1.29, 1.82) is 0 Å². The van der Waals surface area contributed by atoms with Crippen LogP contribution in [0.15, 0.2) is 15.7 Å². The number of rotatable bonds is 6. The Morgan fingerprint density at radius 1 is 1.42 bits per heavy atom. The first kappa shape index (κ1) is 16.1. The van der Waals surface area contributed by atoms with Gasteiger partial charge in [0.25, 0.3) is 5.91 Å². The van der Waals surface area contributed by atoms with E-state index in [1.807, 2.05) is 13.8 Å². The summed E-state index contributed by atoms with van der Waals surface area (Å²) in [6.07, 6.45) is 1.41. The summed E-state index contributed by atoms with van der Waals surface area (Å²) >= 11 is 0.929. The van der Waals surface area contributed by atoms with Gasteiger partial charge in [0.2, 0.25) is 10.0 Å². The van der Waals surface area contributed by atoms with E-state index in [4.69, 9.17) is 10.9 Å². The highest BCUT2D eigenvalue weighted by Crippen LogP contribution is 2.20. The van der Waals surface area contributed by atoms with E-state index in [0.29, 0.717) is 19.4 Å². The van der Waals surface area contributed by atoms with E-state index in [2.05, 4.69) is 5.32 Å². The number of sulfonamides is 1. The molecule has 6 nitrogen and oxygen atoms in total. The number of amides is 1. The van der Waals surface area contributed by atoms with Crippen LogP contribution in [0.3, 0.4) is 0 Å². The number of nitrogens with two attached hydrogens (primary N) is 2. The quantitative estimate of drug-likeness (QED) is 0.715. The Kier molecular flexibility index (Phi) is 5.08. The highest BCUT2D eigenvalue weighted by molar-refractivity contribution is 7.91. The third-order valence-corrected chi connectivity index (χ3v) is 5.63. The summed E-state index contributed by atoms with van der Waals surface area (Å²) in [7, 11) is -3.76. The highest BCUT2D eigenvalue weighted by Gasteiger charge is 2.27. The van der Waals surface area contributed by atoms with Crippen LogP contribution in [0.1, 0.15) is 37.0 Å². The van der Waals surface area contributed by atoms with Gasteiger partial charge in [-0.25, -0.2) is 13.6 Å². The number of carbonyl (C=O) groups excluding carboxylic acids is 1. The number of carbonyl (C=O) groups is 1. The molecule has 1 rings (SSSR count). The van der Waals surface area contributed by atoms with Crippen molar-refractivity contribution in [2.75, 3.05) is 6.54 Å².